The van der Waals surface area contributed by atoms with Crippen LogP contribution in [-0.2, 0) is 0 Å². The maximum absolute atomic E-state index is 14.0. The molecule has 0 aromatic heterocycles. The number of hydrogen-bond donors (Lipinski definition) is 1. The van der Waals surface area contributed by atoms with Crippen LogP contribution in [0.15, 0.2) is 18.2 Å². The van der Waals surface area contributed by atoms with Crippen LogP contribution in [-0.4, -0.2) is 30.1 Å². The van der Waals surface area contributed by atoms with Crippen LogP contribution in [0.5, 0.6) is 0 Å². The lowest BCUT2D eigenvalue weighted by molar-refractivity contribution is 0.0703. The number of rotatable bonds is 8. The summed E-state index contributed by atoms with van der Waals surface area (Å²) in [5.74, 6) is -0.117. The van der Waals surface area contributed by atoms with E-state index in [1.165, 1.54) is 0 Å². The predicted molar refractivity (Wildman–Crippen MR) is 89.2 cm³/mol. The van der Waals surface area contributed by atoms with Crippen LogP contribution < -0.4 is 5.32 Å². The Morgan fingerprint density at radius 3 is 2.24 bits per heavy atom. The second-order valence-electron chi connectivity index (χ2n) is 5.88. The van der Waals surface area contributed by atoms with Gasteiger partial charge in [0.05, 0.1) is 6.04 Å². The minimum atomic E-state index is -0.117. The first-order valence-electron chi connectivity index (χ1n) is 8.18. The van der Waals surface area contributed by atoms with Crippen molar-refractivity contribution in [3.05, 3.63) is 35.1 Å². The molecule has 0 saturated heterocycles. The van der Waals surface area contributed by atoms with Crippen molar-refractivity contribution in [2.24, 2.45) is 0 Å². The van der Waals surface area contributed by atoms with Crippen molar-refractivity contribution in [3.8, 4) is 0 Å². The molecule has 1 N–H and O–H groups in total. The van der Waals surface area contributed by atoms with Crippen molar-refractivity contribution >= 4 is 0 Å². The van der Waals surface area contributed by atoms with Crippen LogP contribution in [0.2, 0.25) is 0 Å². The monoisotopic (exact) mass is 294 g/mol. The number of hydrogen-bond acceptors (Lipinski definition) is 2. The molecule has 0 aliphatic rings. The Labute approximate surface area is 129 Å². The van der Waals surface area contributed by atoms with E-state index in [1.54, 1.807) is 6.07 Å². The molecule has 120 valence electrons. The summed E-state index contributed by atoms with van der Waals surface area (Å²) >= 11 is 0. The fraction of sp³-hybridized carbons (Fsp3) is 0.667. The highest BCUT2D eigenvalue weighted by Gasteiger charge is 2.37. The van der Waals surface area contributed by atoms with E-state index in [9.17, 15) is 4.39 Å². The first-order chi connectivity index (χ1) is 9.94. The molecule has 1 aromatic carbocycles. The summed E-state index contributed by atoms with van der Waals surface area (Å²) in [6.45, 7) is 15.7. The first kappa shape index (κ1) is 18.1. The number of likely N-dealkylation sites (N-methyl/N-ethyl adjacent to an activating group) is 2. The average molecular weight is 294 g/mol. The summed E-state index contributed by atoms with van der Waals surface area (Å²) in [4.78, 5) is 2.47. The van der Waals surface area contributed by atoms with E-state index in [4.69, 9.17) is 0 Å². The Kier molecular flexibility index (Phi) is 6.82. The lowest BCUT2D eigenvalue weighted by Gasteiger charge is -2.46. The fourth-order valence-electron chi connectivity index (χ4n) is 3.25. The van der Waals surface area contributed by atoms with E-state index < -0.39 is 0 Å². The van der Waals surface area contributed by atoms with Gasteiger partial charge in [0.2, 0.25) is 0 Å². The van der Waals surface area contributed by atoms with Crippen molar-refractivity contribution in [2.75, 3.05) is 19.6 Å². The molecule has 2 unspecified atom stereocenters. The molecular weight excluding hydrogens is 263 g/mol. The van der Waals surface area contributed by atoms with E-state index in [0.717, 1.165) is 31.6 Å². The quantitative estimate of drug-likeness (QED) is 0.769. The lowest BCUT2D eigenvalue weighted by Crippen LogP contribution is -2.54. The van der Waals surface area contributed by atoms with Crippen LogP contribution in [0.25, 0.3) is 0 Å². The Morgan fingerprint density at radius 2 is 1.81 bits per heavy atom. The molecule has 0 radical (unpaired) electrons. The predicted octanol–water partition coefficient (Wildman–Crippen LogP) is 4.30. The summed E-state index contributed by atoms with van der Waals surface area (Å²) < 4.78 is 14.0. The molecule has 0 fully saturated rings. The van der Waals surface area contributed by atoms with Gasteiger partial charge in [-0.3, -0.25) is 4.90 Å². The number of benzene rings is 1. The van der Waals surface area contributed by atoms with Crippen LogP contribution in [0.4, 0.5) is 4.39 Å². The van der Waals surface area contributed by atoms with Crippen molar-refractivity contribution in [1.82, 2.24) is 10.2 Å². The number of aryl methyl sites for hydroxylation is 1. The highest BCUT2D eigenvalue weighted by molar-refractivity contribution is 5.28. The van der Waals surface area contributed by atoms with Gasteiger partial charge in [-0.05, 0) is 57.1 Å². The van der Waals surface area contributed by atoms with Gasteiger partial charge < -0.3 is 5.32 Å². The molecule has 0 bridgehead atoms. The normalized spacial score (nSPS) is 16.0. The third kappa shape index (κ3) is 3.83. The zero-order chi connectivity index (χ0) is 16.0. The van der Waals surface area contributed by atoms with E-state index in [0.29, 0.717) is 5.56 Å². The molecule has 0 aliphatic heterocycles. The zero-order valence-corrected chi connectivity index (χ0v) is 14.5. The van der Waals surface area contributed by atoms with Gasteiger partial charge in [-0.1, -0.05) is 39.8 Å². The molecule has 1 rings (SSSR count). The van der Waals surface area contributed by atoms with Crippen LogP contribution in [0.3, 0.4) is 0 Å². The minimum Gasteiger partial charge on any atom is -0.309 e. The Morgan fingerprint density at radius 1 is 1.19 bits per heavy atom. The van der Waals surface area contributed by atoms with Crippen molar-refractivity contribution in [3.63, 3.8) is 0 Å². The number of nitrogens with zero attached hydrogens (tertiary/aromatic N) is 1. The van der Waals surface area contributed by atoms with Gasteiger partial charge in [0.15, 0.2) is 0 Å². The van der Waals surface area contributed by atoms with Gasteiger partial charge in [-0.15, -0.1) is 0 Å². The summed E-state index contributed by atoms with van der Waals surface area (Å²) in [5.41, 5.74) is 1.72. The van der Waals surface area contributed by atoms with Gasteiger partial charge in [-0.2, -0.15) is 0 Å². The molecule has 0 spiro atoms. The van der Waals surface area contributed by atoms with Gasteiger partial charge in [0.1, 0.15) is 5.82 Å². The first-order valence-corrected chi connectivity index (χ1v) is 8.18. The molecule has 21 heavy (non-hydrogen) atoms. The maximum Gasteiger partial charge on any atom is 0.126 e. The maximum atomic E-state index is 14.0. The Bertz CT molecular complexity index is 443. The topological polar surface area (TPSA) is 15.3 Å². The second kappa shape index (κ2) is 7.90. The molecule has 0 aliphatic carbocycles. The molecule has 3 heteroatoms. The van der Waals surface area contributed by atoms with Gasteiger partial charge in [0.25, 0.3) is 0 Å². The molecule has 0 saturated carbocycles. The zero-order valence-electron chi connectivity index (χ0n) is 14.5. The standard InChI is InChI=1S/C18H31FN2/c1-7-18(6,21(9-3)10-4)17(20-8-2)15-12-11-14(5)16(19)13-15/h11-13,17,20H,7-10H2,1-6H3. The van der Waals surface area contributed by atoms with Crippen LogP contribution >= 0.6 is 0 Å². The van der Waals surface area contributed by atoms with E-state index in [-0.39, 0.29) is 17.4 Å². The molecular formula is C18H31FN2. The third-order valence-electron chi connectivity index (χ3n) is 4.76. The summed E-state index contributed by atoms with van der Waals surface area (Å²) in [6.07, 6.45) is 1.02. The third-order valence-corrected chi connectivity index (χ3v) is 4.76. The van der Waals surface area contributed by atoms with E-state index >= 15 is 0 Å². The summed E-state index contributed by atoms with van der Waals surface area (Å²) in [7, 11) is 0. The average Bonchev–Trinajstić information content (AvgIpc) is 2.48. The Balaban J connectivity index is 3.27. The fourth-order valence-corrected chi connectivity index (χ4v) is 3.25. The van der Waals surface area contributed by atoms with Crippen molar-refractivity contribution in [2.45, 2.75) is 59.5 Å². The van der Waals surface area contributed by atoms with Gasteiger partial charge >= 0.3 is 0 Å². The van der Waals surface area contributed by atoms with Gasteiger partial charge in [0, 0.05) is 5.54 Å². The van der Waals surface area contributed by atoms with Crippen molar-refractivity contribution in [1.29, 1.82) is 0 Å². The van der Waals surface area contributed by atoms with Crippen molar-refractivity contribution < 1.29 is 4.39 Å². The summed E-state index contributed by atoms with van der Waals surface area (Å²) in [5, 5.41) is 3.58. The molecule has 0 heterocycles. The molecule has 2 atom stereocenters. The van der Waals surface area contributed by atoms with Crippen LogP contribution in [0, 0.1) is 12.7 Å². The van der Waals surface area contributed by atoms with Gasteiger partial charge in [-0.25, -0.2) is 4.39 Å². The molecule has 1 aromatic rings. The number of nitrogens with one attached hydrogen (secondary N) is 1. The summed E-state index contributed by atoms with van der Waals surface area (Å²) in [6, 6.07) is 5.76. The smallest absolute Gasteiger partial charge is 0.126 e. The largest absolute Gasteiger partial charge is 0.309 e. The molecule has 0 amide bonds. The van der Waals surface area contributed by atoms with E-state index in [1.807, 2.05) is 13.0 Å². The second-order valence-corrected chi connectivity index (χ2v) is 5.88. The minimum absolute atomic E-state index is 0.0266. The number of halogens is 1. The van der Waals surface area contributed by atoms with E-state index in [2.05, 4.69) is 50.9 Å². The Hall–Kier alpha value is -0.930. The highest BCUT2D eigenvalue weighted by Crippen LogP contribution is 2.34. The highest BCUT2D eigenvalue weighted by atomic mass is 19.1. The van der Waals surface area contributed by atoms with Crippen LogP contribution in [0.1, 0.15) is 58.2 Å². The molecule has 2 nitrogen and oxygen atoms in total. The lowest BCUT2D eigenvalue weighted by atomic mass is 9.82. The SMILES string of the molecule is CCNC(c1ccc(C)c(F)c1)C(C)(CC)N(CC)CC.